The zero-order valence-corrected chi connectivity index (χ0v) is 16.3. The van der Waals surface area contributed by atoms with Gasteiger partial charge < -0.3 is 10.6 Å². The fraction of sp³-hybridized carbons (Fsp3) is 0.857. The van der Waals surface area contributed by atoms with Crippen molar-refractivity contribution in [3.63, 3.8) is 0 Å². The number of nitrogens with zero attached hydrogens (tertiary/aromatic N) is 2. The molecule has 0 aromatic rings. The second-order valence-corrected chi connectivity index (χ2v) is 7.23. The zero-order valence-electron chi connectivity index (χ0n) is 16.3. The highest BCUT2D eigenvalue weighted by atomic mass is 15.3. The SMILES string of the molecule is CCCCCCCCCCCCC/C=C/CC1=NCCN1C(C)N. The van der Waals surface area contributed by atoms with Gasteiger partial charge in [0.25, 0.3) is 0 Å². The molecule has 1 unspecified atom stereocenters. The van der Waals surface area contributed by atoms with Crippen molar-refractivity contribution in [1.29, 1.82) is 0 Å². The van der Waals surface area contributed by atoms with Crippen LogP contribution in [0.25, 0.3) is 0 Å². The maximum absolute atomic E-state index is 5.96. The van der Waals surface area contributed by atoms with Crippen LogP contribution < -0.4 is 5.73 Å². The largest absolute Gasteiger partial charge is 0.343 e. The van der Waals surface area contributed by atoms with Gasteiger partial charge in [0.15, 0.2) is 0 Å². The van der Waals surface area contributed by atoms with Crippen LogP contribution in [-0.2, 0) is 0 Å². The normalized spacial score (nSPS) is 16.1. The van der Waals surface area contributed by atoms with Crippen molar-refractivity contribution in [1.82, 2.24) is 4.90 Å². The predicted octanol–water partition coefficient (Wildman–Crippen LogP) is 5.65. The molecular formula is C21H41N3. The van der Waals surface area contributed by atoms with Gasteiger partial charge in [0, 0.05) is 13.0 Å². The van der Waals surface area contributed by atoms with Crippen LogP contribution in [0.4, 0.5) is 0 Å². The van der Waals surface area contributed by atoms with E-state index in [9.17, 15) is 0 Å². The van der Waals surface area contributed by atoms with Crippen LogP contribution in [0, 0.1) is 0 Å². The lowest BCUT2D eigenvalue weighted by atomic mass is 10.1. The topological polar surface area (TPSA) is 41.6 Å². The number of nitrogens with two attached hydrogens (primary N) is 1. The summed E-state index contributed by atoms with van der Waals surface area (Å²) in [4.78, 5) is 6.76. The molecule has 1 heterocycles. The quantitative estimate of drug-likeness (QED) is 0.310. The fourth-order valence-electron chi connectivity index (χ4n) is 3.36. The van der Waals surface area contributed by atoms with Gasteiger partial charge in [-0.2, -0.15) is 0 Å². The molecule has 3 nitrogen and oxygen atoms in total. The van der Waals surface area contributed by atoms with Gasteiger partial charge in [-0.05, 0) is 19.8 Å². The Hall–Kier alpha value is -0.830. The molecule has 140 valence electrons. The average molecular weight is 336 g/mol. The van der Waals surface area contributed by atoms with E-state index in [0.29, 0.717) is 0 Å². The zero-order chi connectivity index (χ0) is 17.5. The Morgan fingerprint density at radius 1 is 0.958 bits per heavy atom. The van der Waals surface area contributed by atoms with Gasteiger partial charge in [-0.3, -0.25) is 4.99 Å². The molecule has 1 atom stereocenters. The first kappa shape index (κ1) is 21.2. The van der Waals surface area contributed by atoms with E-state index in [1.807, 2.05) is 6.92 Å². The van der Waals surface area contributed by atoms with Gasteiger partial charge in [-0.1, -0.05) is 83.3 Å². The smallest absolute Gasteiger partial charge is 0.104 e. The first-order chi connectivity index (χ1) is 11.8. The summed E-state index contributed by atoms with van der Waals surface area (Å²) in [5, 5.41) is 0. The third kappa shape index (κ3) is 10.1. The van der Waals surface area contributed by atoms with E-state index in [1.165, 1.54) is 82.9 Å². The van der Waals surface area contributed by atoms with Crippen LogP contribution in [0.15, 0.2) is 17.1 Å². The Balaban J connectivity index is 1.87. The van der Waals surface area contributed by atoms with Crippen LogP contribution in [0.1, 0.15) is 97.3 Å². The maximum Gasteiger partial charge on any atom is 0.104 e. The van der Waals surface area contributed by atoms with Crippen molar-refractivity contribution in [2.24, 2.45) is 10.7 Å². The van der Waals surface area contributed by atoms with Crippen LogP contribution in [0.2, 0.25) is 0 Å². The minimum atomic E-state index is 0.0892. The third-order valence-electron chi connectivity index (χ3n) is 4.90. The summed E-state index contributed by atoms with van der Waals surface area (Å²) in [6, 6.07) is 0. The summed E-state index contributed by atoms with van der Waals surface area (Å²) in [7, 11) is 0. The molecule has 0 fully saturated rings. The molecule has 0 spiro atoms. The molecule has 3 heteroatoms. The highest BCUT2D eigenvalue weighted by Gasteiger charge is 2.17. The van der Waals surface area contributed by atoms with Crippen molar-refractivity contribution < 1.29 is 0 Å². The average Bonchev–Trinajstić information content (AvgIpc) is 3.04. The first-order valence-corrected chi connectivity index (χ1v) is 10.5. The van der Waals surface area contributed by atoms with E-state index in [4.69, 9.17) is 5.73 Å². The number of allylic oxidation sites excluding steroid dienone is 1. The van der Waals surface area contributed by atoms with E-state index in [1.54, 1.807) is 0 Å². The van der Waals surface area contributed by atoms with Gasteiger partial charge in [-0.25, -0.2) is 0 Å². The Kier molecular flexibility index (Phi) is 12.8. The van der Waals surface area contributed by atoms with E-state index in [-0.39, 0.29) is 6.17 Å². The Morgan fingerprint density at radius 2 is 1.54 bits per heavy atom. The van der Waals surface area contributed by atoms with E-state index in [2.05, 4.69) is 29.0 Å². The van der Waals surface area contributed by atoms with Crippen molar-refractivity contribution >= 4 is 5.84 Å². The number of hydrogen-bond acceptors (Lipinski definition) is 3. The van der Waals surface area contributed by atoms with Crippen LogP contribution in [-0.4, -0.2) is 30.0 Å². The highest BCUT2D eigenvalue weighted by molar-refractivity contribution is 5.85. The fourth-order valence-corrected chi connectivity index (χ4v) is 3.36. The van der Waals surface area contributed by atoms with Crippen molar-refractivity contribution in [2.75, 3.05) is 13.1 Å². The molecule has 1 aliphatic rings. The Morgan fingerprint density at radius 3 is 2.12 bits per heavy atom. The number of aliphatic imine (C=N–C) groups is 1. The van der Waals surface area contributed by atoms with Crippen molar-refractivity contribution in [3.05, 3.63) is 12.2 Å². The van der Waals surface area contributed by atoms with Crippen LogP contribution in [0.3, 0.4) is 0 Å². The first-order valence-electron chi connectivity index (χ1n) is 10.5. The molecule has 1 rings (SSSR count). The Bertz CT molecular complexity index is 347. The van der Waals surface area contributed by atoms with E-state index >= 15 is 0 Å². The summed E-state index contributed by atoms with van der Waals surface area (Å²) in [6.07, 6.45) is 22.4. The van der Waals surface area contributed by atoms with Gasteiger partial charge in [0.2, 0.25) is 0 Å². The second kappa shape index (κ2) is 14.5. The Labute approximate surface area is 150 Å². The monoisotopic (exact) mass is 335 g/mol. The molecule has 1 aliphatic heterocycles. The third-order valence-corrected chi connectivity index (χ3v) is 4.90. The van der Waals surface area contributed by atoms with Gasteiger partial charge >= 0.3 is 0 Å². The van der Waals surface area contributed by atoms with Gasteiger partial charge in [0.1, 0.15) is 5.84 Å². The van der Waals surface area contributed by atoms with Crippen LogP contribution in [0.5, 0.6) is 0 Å². The maximum atomic E-state index is 5.96. The molecule has 0 radical (unpaired) electrons. The molecule has 0 saturated heterocycles. The molecular weight excluding hydrogens is 294 g/mol. The standard InChI is InChI=1S/C21H41N3/c1-3-4-5-6-7-8-9-10-11-12-13-14-15-16-17-21-23-18-19-24(21)20(2)22/h15-16,20H,3-14,17-19,22H2,1-2H3/b16-15+. The molecule has 0 aromatic heterocycles. The lowest BCUT2D eigenvalue weighted by Gasteiger charge is -2.23. The molecule has 0 aromatic carbocycles. The predicted molar refractivity (Wildman–Crippen MR) is 107 cm³/mol. The number of unbranched alkanes of at least 4 members (excludes halogenated alkanes) is 11. The molecule has 0 amide bonds. The highest BCUT2D eigenvalue weighted by Crippen LogP contribution is 2.12. The lowest BCUT2D eigenvalue weighted by molar-refractivity contribution is 0.362. The number of hydrogen-bond donors (Lipinski definition) is 1. The summed E-state index contributed by atoms with van der Waals surface area (Å²) in [5.41, 5.74) is 5.96. The number of amidine groups is 1. The minimum absolute atomic E-state index is 0.0892. The summed E-state index contributed by atoms with van der Waals surface area (Å²) in [5.74, 6) is 1.17. The molecule has 2 N–H and O–H groups in total. The van der Waals surface area contributed by atoms with Crippen molar-refractivity contribution in [3.8, 4) is 0 Å². The van der Waals surface area contributed by atoms with Gasteiger partial charge in [-0.15, -0.1) is 0 Å². The summed E-state index contributed by atoms with van der Waals surface area (Å²) < 4.78 is 0. The van der Waals surface area contributed by atoms with E-state index in [0.717, 1.165) is 19.5 Å². The van der Waals surface area contributed by atoms with E-state index < -0.39 is 0 Å². The van der Waals surface area contributed by atoms with Gasteiger partial charge in [0.05, 0.1) is 12.7 Å². The minimum Gasteiger partial charge on any atom is -0.343 e. The van der Waals surface area contributed by atoms with Crippen LogP contribution >= 0.6 is 0 Å². The summed E-state index contributed by atoms with van der Waals surface area (Å²) >= 11 is 0. The van der Waals surface area contributed by atoms with Crippen molar-refractivity contribution in [2.45, 2.75) is 103 Å². The second-order valence-electron chi connectivity index (χ2n) is 7.23. The number of rotatable bonds is 15. The molecule has 0 aliphatic carbocycles. The molecule has 0 bridgehead atoms. The summed E-state index contributed by atoms with van der Waals surface area (Å²) in [6.45, 7) is 6.21. The molecule has 0 saturated carbocycles. The molecule has 24 heavy (non-hydrogen) atoms. The lowest BCUT2D eigenvalue weighted by Crippen LogP contribution is -2.41.